The van der Waals surface area contributed by atoms with Gasteiger partial charge in [-0.25, -0.2) is 4.79 Å². The molecule has 90 valence electrons. The minimum absolute atomic E-state index is 0.0748. The Morgan fingerprint density at radius 2 is 2.12 bits per heavy atom. The van der Waals surface area contributed by atoms with Gasteiger partial charge in [0, 0.05) is 5.52 Å². The van der Waals surface area contributed by atoms with Crippen LogP contribution in [0, 0.1) is 0 Å². The number of alkyl halides is 2. The molecule has 3 nitrogen and oxygen atoms in total. The van der Waals surface area contributed by atoms with Crippen molar-refractivity contribution in [2.45, 2.75) is 12.8 Å². The molecule has 0 amide bonds. The van der Waals surface area contributed by atoms with Crippen LogP contribution < -0.4 is 0 Å². The van der Waals surface area contributed by atoms with Crippen LogP contribution in [0.5, 0.6) is 0 Å². The number of aromatic amines is 1. The number of para-hydroxylation sites is 1. The lowest BCUT2D eigenvalue weighted by molar-refractivity contribution is -0.173. The Morgan fingerprint density at radius 1 is 1.41 bits per heavy atom. The van der Waals surface area contributed by atoms with Crippen molar-refractivity contribution in [3.8, 4) is 0 Å². The lowest BCUT2D eigenvalue weighted by atomic mass is 10.2. The Kier molecular flexibility index (Phi) is 2.83. The summed E-state index contributed by atoms with van der Waals surface area (Å²) in [7, 11) is 0. The fraction of sp³-hybridized carbons (Fsp3) is 0.250. The third-order valence-corrected chi connectivity index (χ3v) is 2.40. The highest BCUT2D eigenvalue weighted by Crippen LogP contribution is 2.31. The van der Waals surface area contributed by atoms with E-state index in [0.29, 0.717) is 10.9 Å². The summed E-state index contributed by atoms with van der Waals surface area (Å²) in [5.41, 5.74) is 0.114. The molecule has 0 aliphatic rings. The van der Waals surface area contributed by atoms with E-state index in [1.807, 2.05) is 0 Å². The normalized spacial score (nSPS) is 11.7. The fourth-order valence-electron chi connectivity index (χ4n) is 1.57. The van der Waals surface area contributed by atoms with E-state index >= 15 is 0 Å². The molecule has 0 atom stereocenters. The van der Waals surface area contributed by atoms with Gasteiger partial charge in [0.25, 0.3) is 0 Å². The topological polar surface area (TPSA) is 42.1 Å². The lowest BCUT2D eigenvalue weighted by Crippen LogP contribution is -2.28. The second-order valence-corrected chi connectivity index (χ2v) is 3.57. The van der Waals surface area contributed by atoms with Crippen molar-refractivity contribution in [2.75, 3.05) is 6.61 Å². The van der Waals surface area contributed by atoms with E-state index in [1.54, 1.807) is 24.3 Å². The van der Waals surface area contributed by atoms with Crippen LogP contribution in [0.2, 0.25) is 0 Å². The molecule has 0 unspecified atom stereocenters. The van der Waals surface area contributed by atoms with E-state index in [-0.39, 0.29) is 6.61 Å². The maximum absolute atomic E-state index is 13.7. The van der Waals surface area contributed by atoms with E-state index in [2.05, 4.69) is 9.72 Å². The number of hydrogen-bond donors (Lipinski definition) is 1. The number of rotatable bonds is 3. The van der Waals surface area contributed by atoms with Crippen molar-refractivity contribution in [2.24, 2.45) is 0 Å². The molecule has 0 saturated heterocycles. The predicted molar refractivity (Wildman–Crippen MR) is 58.8 cm³/mol. The first-order chi connectivity index (χ1) is 8.05. The summed E-state index contributed by atoms with van der Waals surface area (Å²) in [6, 6.07) is 8.08. The second-order valence-electron chi connectivity index (χ2n) is 3.57. The summed E-state index contributed by atoms with van der Waals surface area (Å²) >= 11 is 0. The van der Waals surface area contributed by atoms with E-state index < -0.39 is 17.6 Å². The minimum atomic E-state index is -3.64. The monoisotopic (exact) mass is 239 g/mol. The summed E-state index contributed by atoms with van der Waals surface area (Å²) in [5.74, 6) is -5.18. The zero-order valence-corrected chi connectivity index (χ0v) is 9.17. The Balaban J connectivity index is 2.41. The van der Waals surface area contributed by atoms with Gasteiger partial charge in [-0.05, 0) is 24.4 Å². The number of aromatic nitrogens is 1. The number of carbonyl (C=O) groups excluding carboxylic acids is 1. The summed E-state index contributed by atoms with van der Waals surface area (Å²) in [5, 5.41) is 0.631. The van der Waals surface area contributed by atoms with E-state index in [0.717, 1.165) is 0 Å². The third-order valence-electron chi connectivity index (χ3n) is 2.40. The molecule has 1 heterocycles. The zero-order chi connectivity index (χ0) is 12.5. The number of hydrogen-bond acceptors (Lipinski definition) is 2. The maximum atomic E-state index is 13.7. The molecule has 2 aromatic rings. The van der Waals surface area contributed by atoms with Crippen molar-refractivity contribution >= 4 is 16.9 Å². The summed E-state index contributed by atoms with van der Waals surface area (Å²) in [6.45, 7) is 1.41. The van der Waals surface area contributed by atoms with Crippen molar-refractivity contribution < 1.29 is 18.3 Å². The van der Waals surface area contributed by atoms with Gasteiger partial charge >= 0.3 is 11.9 Å². The van der Waals surface area contributed by atoms with Crippen LogP contribution in [-0.2, 0) is 15.5 Å². The molecule has 1 aromatic carbocycles. The summed E-state index contributed by atoms with van der Waals surface area (Å²) < 4.78 is 31.7. The van der Waals surface area contributed by atoms with Crippen LogP contribution in [-0.4, -0.2) is 17.6 Å². The van der Waals surface area contributed by atoms with Gasteiger partial charge in [0.1, 0.15) is 0 Å². The number of benzene rings is 1. The number of esters is 1. The largest absolute Gasteiger partial charge is 0.461 e. The Hall–Kier alpha value is -1.91. The highest BCUT2D eigenvalue weighted by Gasteiger charge is 2.44. The smallest absolute Gasteiger partial charge is 0.383 e. The molecule has 0 saturated carbocycles. The van der Waals surface area contributed by atoms with Gasteiger partial charge in [0.15, 0.2) is 0 Å². The molecule has 0 radical (unpaired) electrons. The molecule has 0 fully saturated rings. The number of H-pyrrole nitrogens is 1. The van der Waals surface area contributed by atoms with Crippen molar-refractivity contribution in [1.82, 2.24) is 4.98 Å². The molecular weight excluding hydrogens is 228 g/mol. The summed E-state index contributed by atoms with van der Waals surface area (Å²) in [4.78, 5) is 13.7. The Labute approximate surface area is 96.4 Å². The van der Waals surface area contributed by atoms with Crippen LogP contribution in [0.15, 0.2) is 30.3 Å². The first-order valence-electron chi connectivity index (χ1n) is 5.19. The number of ether oxygens (including phenoxy) is 1. The van der Waals surface area contributed by atoms with E-state index in [9.17, 15) is 13.6 Å². The predicted octanol–water partition coefficient (Wildman–Crippen LogP) is 2.82. The number of nitrogens with one attached hydrogen (secondary N) is 1. The van der Waals surface area contributed by atoms with Crippen molar-refractivity contribution in [3.63, 3.8) is 0 Å². The number of fused-ring (bicyclic) bond motifs is 1. The average molecular weight is 239 g/mol. The average Bonchev–Trinajstić information content (AvgIpc) is 2.73. The molecule has 0 aliphatic heterocycles. The SMILES string of the molecule is CCOC(=O)C(F)(F)c1cc2ccccc2[nH]1. The van der Waals surface area contributed by atoms with Gasteiger partial charge in [-0.1, -0.05) is 18.2 Å². The van der Waals surface area contributed by atoms with Gasteiger partial charge in [-0.15, -0.1) is 0 Å². The van der Waals surface area contributed by atoms with Crippen LogP contribution in [0.4, 0.5) is 8.78 Å². The van der Waals surface area contributed by atoms with Gasteiger partial charge in [0.05, 0.1) is 12.3 Å². The molecule has 0 bridgehead atoms. The van der Waals surface area contributed by atoms with Crippen molar-refractivity contribution in [1.29, 1.82) is 0 Å². The number of halogens is 2. The molecule has 5 heteroatoms. The first-order valence-corrected chi connectivity index (χ1v) is 5.19. The molecule has 1 aromatic heterocycles. The van der Waals surface area contributed by atoms with Crippen LogP contribution >= 0.6 is 0 Å². The Morgan fingerprint density at radius 3 is 2.76 bits per heavy atom. The molecule has 0 spiro atoms. The number of carbonyl (C=O) groups is 1. The van der Waals surface area contributed by atoms with Crippen LogP contribution in [0.25, 0.3) is 10.9 Å². The Bertz CT molecular complexity index is 515. The minimum Gasteiger partial charge on any atom is -0.461 e. The molecule has 2 rings (SSSR count). The van der Waals surface area contributed by atoms with Crippen LogP contribution in [0.1, 0.15) is 12.6 Å². The zero-order valence-electron chi connectivity index (χ0n) is 9.17. The lowest BCUT2D eigenvalue weighted by Gasteiger charge is -2.12. The third kappa shape index (κ3) is 2.00. The summed E-state index contributed by atoms with van der Waals surface area (Å²) in [6.07, 6.45) is 0. The standard InChI is InChI=1S/C12H11F2NO2/c1-2-17-11(16)12(13,14)10-7-8-5-3-4-6-9(8)15-10/h3-7,15H,2H2,1H3. The molecule has 17 heavy (non-hydrogen) atoms. The molecular formula is C12H11F2NO2. The quantitative estimate of drug-likeness (QED) is 0.837. The van der Waals surface area contributed by atoms with E-state index in [1.165, 1.54) is 13.0 Å². The van der Waals surface area contributed by atoms with Gasteiger partial charge in [0.2, 0.25) is 0 Å². The van der Waals surface area contributed by atoms with Crippen LogP contribution in [0.3, 0.4) is 0 Å². The highest BCUT2D eigenvalue weighted by atomic mass is 19.3. The highest BCUT2D eigenvalue weighted by molar-refractivity contribution is 5.85. The fourth-order valence-corrected chi connectivity index (χ4v) is 1.57. The van der Waals surface area contributed by atoms with Crippen molar-refractivity contribution in [3.05, 3.63) is 36.0 Å². The van der Waals surface area contributed by atoms with E-state index in [4.69, 9.17) is 0 Å². The molecule has 1 N–H and O–H groups in total. The molecule has 0 aliphatic carbocycles. The second kappa shape index (κ2) is 4.16. The first kappa shape index (κ1) is 11.6. The maximum Gasteiger partial charge on any atom is 0.383 e. The van der Waals surface area contributed by atoms with Gasteiger partial charge in [-0.2, -0.15) is 8.78 Å². The van der Waals surface area contributed by atoms with Gasteiger partial charge in [-0.3, -0.25) is 0 Å². The van der Waals surface area contributed by atoms with Gasteiger partial charge < -0.3 is 9.72 Å².